The highest BCUT2D eigenvalue weighted by Crippen LogP contribution is 2.37. The average Bonchev–Trinajstić information content (AvgIpc) is 2.86. The number of amides is 1. The second-order valence-electron chi connectivity index (χ2n) is 7.94. The second-order valence-corrected chi connectivity index (χ2v) is 12.0. The molecule has 0 unspecified atom stereocenters. The third-order valence-corrected chi connectivity index (χ3v) is 7.68. The van der Waals surface area contributed by atoms with Crippen molar-refractivity contribution in [1.29, 1.82) is 0 Å². The van der Waals surface area contributed by atoms with Crippen LogP contribution in [-0.4, -0.2) is 47.6 Å². The maximum atomic E-state index is 12.6. The van der Waals surface area contributed by atoms with E-state index in [0.717, 1.165) is 16.1 Å². The summed E-state index contributed by atoms with van der Waals surface area (Å²) < 4.78 is 42.9. The average molecular weight is 680 g/mol. The van der Waals surface area contributed by atoms with E-state index in [1.807, 2.05) is 0 Å². The van der Waals surface area contributed by atoms with Crippen molar-refractivity contribution in [2.75, 3.05) is 31.3 Å². The number of ether oxygens (including phenoxy) is 3. The summed E-state index contributed by atoms with van der Waals surface area (Å²) in [7, 11) is -0.994. The van der Waals surface area contributed by atoms with Crippen LogP contribution in [-0.2, 0) is 21.4 Å². The number of nitrogens with one attached hydrogen (secondary N) is 1. The fourth-order valence-electron chi connectivity index (χ4n) is 3.33. The molecule has 0 aliphatic carbocycles. The molecule has 0 bridgehead atoms. The Labute approximate surface area is 249 Å². The number of carbonyl (C=O) groups excluding carboxylic acids is 1. The quantitative estimate of drug-likeness (QED) is 0.199. The zero-order chi connectivity index (χ0) is 28.7. The zero-order valence-corrected chi connectivity index (χ0v) is 25.5. The largest absolute Gasteiger partial charge is 0.495 e. The lowest BCUT2D eigenvalue weighted by molar-refractivity contribution is -0.119. The lowest BCUT2D eigenvalue weighted by atomic mass is 10.2. The van der Waals surface area contributed by atoms with E-state index < -0.39 is 22.5 Å². The molecular weight excluding hydrogens is 657 g/mol. The van der Waals surface area contributed by atoms with Gasteiger partial charge in [0.25, 0.3) is 5.91 Å². The van der Waals surface area contributed by atoms with Gasteiger partial charge in [-0.2, -0.15) is 5.10 Å². The van der Waals surface area contributed by atoms with E-state index in [-0.39, 0.29) is 23.1 Å². The molecule has 3 aromatic carbocycles. The third kappa shape index (κ3) is 8.39. The van der Waals surface area contributed by atoms with Crippen molar-refractivity contribution in [2.45, 2.75) is 6.61 Å². The first-order valence-electron chi connectivity index (χ1n) is 11.0. The first-order valence-corrected chi connectivity index (χ1v) is 14.8. The van der Waals surface area contributed by atoms with Gasteiger partial charge >= 0.3 is 0 Å². The standard InChI is InChI=1S/C25H23BrCl3N3O6S/c1-36-22-7-6-18(28)11-21(22)32(39(3,34)35)13-24(33)31-30-12-15-8-19(26)25(23(9-15)37-2)38-14-16-4-5-17(27)10-20(16)29/h4-12H,13-14H2,1-3H3,(H,31,33)/b30-12-. The summed E-state index contributed by atoms with van der Waals surface area (Å²) in [4.78, 5) is 12.6. The topological polar surface area (TPSA) is 107 Å². The highest BCUT2D eigenvalue weighted by molar-refractivity contribution is 9.10. The lowest BCUT2D eigenvalue weighted by Crippen LogP contribution is -2.39. The molecule has 0 fully saturated rings. The maximum absolute atomic E-state index is 12.6. The summed E-state index contributed by atoms with van der Waals surface area (Å²) in [6.07, 6.45) is 2.34. The number of sulfonamides is 1. The molecule has 0 radical (unpaired) electrons. The SMILES string of the molecule is COc1ccc(Cl)cc1N(CC(=O)N/N=C\c1cc(Br)c(OCc2ccc(Cl)cc2Cl)c(OC)c1)S(C)(=O)=O. The Morgan fingerprint density at radius 2 is 1.69 bits per heavy atom. The van der Waals surface area contributed by atoms with Crippen LogP contribution in [0.4, 0.5) is 5.69 Å². The Morgan fingerprint density at radius 3 is 2.33 bits per heavy atom. The first kappa shape index (κ1) is 30.8. The smallest absolute Gasteiger partial charge is 0.260 e. The van der Waals surface area contributed by atoms with Crippen molar-refractivity contribution in [3.63, 3.8) is 0 Å². The van der Waals surface area contributed by atoms with Crippen molar-refractivity contribution in [3.05, 3.63) is 79.2 Å². The Kier molecular flexibility index (Phi) is 10.7. The summed E-state index contributed by atoms with van der Waals surface area (Å²) in [6.45, 7) is -0.386. The van der Waals surface area contributed by atoms with Crippen LogP contribution in [0.2, 0.25) is 15.1 Å². The summed E-state index contributed by atoms with van der Waals surface area (Å²) in [5.41, 5.74) is 3.74. The molecule has 0 aliphatic rings. The molecule has 0 saturated heterocycles. The van der Waals surface area contributed by atoms with Crippen LogP contribution < -0.4 is 23.9 Å². The minimum Gasteiger partial charge on any atom is -0.495 e. The molecule has 14 heteroatoms. The number of hydrogen-bond acceptors (Lipinski definition) is 7. The van der Waals surface area contributed by atoms with Crippen molar-refractivity contribution in [1.82, 2.24) is 5.43 Å². The fraction of sp³-hybridized carbons (Fsp3) is 0.200. The third-order valence-electron chi connectivity index (χ3n) is 5.14. The van der Waals surface area contributed by atoms with Crippen molar-refractivity contribution in [2.24, 2.45) is 5.10 Å². The van der Waals surface area contributed by atoms with E-state index in [4.69, 9.17) is 49.0 Å². The highest BCUT2D eigenvalue weighted by Gasteiger charge is 2.24. The van der Waals surface area contributed by atoms with Crippen LogP contribution in [0.3, 0.4) is 0 Å². The second kappa shape index (κ2) is 13.6. The number of hydrazone groups is 1. The van der Waals surface area contributed by atoms with E-state index in [1.54, 1.807) is 36.4 Å². The molecule has 3 aromatic rings. The van der Waals surface area contributed by atoms with Gasteiger partial charge in [0.05, 0.1) is 36.9 Å². The monoisotopic (exact) mass is 677 g/mol. The van der Waals surface area contributed by atoms with E-state index in [9.17, 15) is 13.2 Å². The van der Waals surface area contributed by atoms with E-state index in [0.29, 0.717) is 31.6 Å². The zero-order valence-electron chi connectivity index (χ0n) is 20.9. The van der Waals surface area contributed by atoms with Crippen molar-refractivity contribution in [3.8, 4) is 17.2 Å². The lowest BCUT2D eigenvalue weighted by Gasteiger charge is -2.23. The number of hydrogen-bond donors (Lipinski definition) is 1. The van der Waals surface area contributed by atoms with Crippen molar-refractivity contribution >= 4 is 78.6 Å². The number of rotatable bonds is 11. The number of nitrogens with zero attached hydrogens (tertiary/aromatic N) is 2. The van der Waals surface area contributed by atoms with Gasteiger partial charge in [0.15, 0.2) is 11.5 Å². The van der Waals surface area contributed by atoms with Crippen LogP contribution in [0.25, 0.3) is 0 Å². The molecule has 3 rings (SSSR count). The molecule has 1 amide bonds. The van der Waals surface area contributed by atoms with Crippen LogP contribution in [0.5, 0.6) is 17.2 Å². The molecule has 0 aromatic heterocycles. The summed E-state index contributed by atoms with van der Waals surface area (Å²) in [6, 6.07) is 12.9. The number of halogens is 4. The molecule has 0 heterocycles. The van der Waals surface area contributed by atoms with Crippen LogP contribution in [0.1, 0.15) is 11.1 Å². The molecule has 39 heavy (non-hydrogen) atoms. The summed E-state index contributed by atoms with van der Waals surface area (Å²) in [5, 5.41) is 5.21. The van der Waals surface area contributed by atoms with Gasteiger partial charge in [0.2, 0.25) is 10.0 Å². The molecule has 0 aliphatic heterocycles. The van der Waals surface area contributed by atoms with E-state index >= 15 is 0 Å². The maximum Gasteiger partial charge on any atom is 0.260 e. The molecular formula is C25H23BrCl3N3O6S. The summed E-state index contributed by atoms with van der Waals surface area (Å²) in [5.74, 6) is 0.380. The number of anilines is 1. The first-order chi connectivity index (χ1) is 18.4. The predicted molar refractivity (Wildman–Crippen MR) is 157 cm³/mol. The highest BCUT2D eigenvalue weighted by atomic mass is 79.9. The van der Waals surface area contributed by atoms with Crippen molar-refractivity contribution < 1.29 is 27.4 Å². The molecule has 1 N–H and O–H groups in total. The Bertz CT molecular complexity index is 1500. The number of carbonyl (C=O) groups is 1. The van der Waals surface area contributed by atoms with E-state index in [2.05, 4.69) is 26.5 Å². The normalized spacial score (nSPS) is 11.4. The predicted octanol–water partition coefficient (Wildman–Crippen LogP) is 5.92. The number of benzene rings is 3. The number of methoxy groups -OCH3 is 2. The Morgan fingerprint density at radius 1 is 1.03 bits per heavy atom. The summed E-state index contributed by atoms with van der Waals surface area (Å²) >= 11 is 21.7. The minimum atomic E-state index is -3.86. The van der Waals surface area contributed by atoms with Gasteiger partial charge in [-0.1, -0.05) is 40.9 Å². The van der Waals surface area contributed by atoms with Gasteiger partial charge in [0, 0.05) is 20.6 Å². The van der Waals surface area contributed by atoms with Crippen LogP contribution in [0.15, 0.2) is 58.1 Å². The molecule has 0 spiro atoms. The van der Waals surface area contributed by atoms with Gasteiger partial charge < -0.3 is 14.2 Å². The van der Waals surface area contributed by atoms with Gasteiger partial charge in [-0.15, -0.1) is 0 Å². The van der Waals surface area contributed by atoms with E-state index in [1.165, 1.54) is 32.6 Å². The molecule has 208 valence electrons. The van der Waals surface area contributed by atoms with Gasteiger partial charge in [-0.25, -0.2) is 13.8 Å². The Hall–Kier alpha value is -2.70. The van der Waals surface area contributed by atoms with Gasteiger partial charge in [0.1, 0.15) is 18.9 Å². The molecule has 9 nitrogen and oxygen atoms in total. The molecule has 0 atom stereocenters. The van der Waals surface area contributed by atoms with Crippen LogP contribution in [0, 0.1) is 0 Å². The van der Waals surface area contributed by atoms with Gasteiger partial charge in [-0.05, 0) is 64.0 Å². The minimum absolute atomic E-state index is 0.121. The van der Waals surface area contributed by atoms with Gasteiger partial charge in [-0.3, -0.25) is 9.10 Å². The van der Waals surface area contributed by atoms with Crippen LogP contribution >= 0.6 is 50.7 Å². The fourth-order valence-corrected chi connectivity index (χ4v) is 5.38. The molecule has 0 saturated carbocycles. The Balaban J connectivity index is 1.72.